The lowest BCUT2D eigenvalue weighted by Crippen LogP contribution is -2.27. The van der Waals surface area contributed by atoms with Crippen molar-refractivity contribution < 1.29 is 27.1 Å². The average Bonchev–Trinajstić information content (AvgIpc) is 2.61. The van der Waals surface area contributed by atoms with Crippen LogP contribution >= 0.6 is 0 Å². The highest BCUT2D eigenvalue weighted by Gasteiger charge is 2.20. The first kappa shape index (κ1) is 19.9. The van der Waals surface area contributed by atoms with E-state index in [1.807, 2.05) is 0 Å². The lowest BCUT2D eigenvalue weighted by atomic mass is 10.1. The van der Waals surface area contributed by atoms with Crippen molar-refractivity contribution in [3.05, 3.63) is 59.4 Å². The monoisotopic (exact) mass is 381 g/mol. The molecule has 2 aromatic carbocycles. The van der Waals surface area contributed by atoms with E-state index in [0.717, 1.165) is 0 Å². The van der Waals surface area contributed by atoms with Gasteiger partial charge in [0.2, 0.25) is 10.0 Å². The fourth-order valence-corrected chi connectivity index (χ4v) is 3.54. The average molecular weight is 381 g/mol. The molecule has 1 N–H and O–H groups in total. The number of halogens is 1. The molecule has 0 heterocycles. The minimum atomic E-state index is -3.85. The molecule has 0 radical (unpaired) electrons. The number of sulfonamides is 1. The maximum absolute atomic E-state index is 13.8. The minimum Gasteiger partial charge on any atom is -0.494 e. The van der Waals surface area contributed by atoms with Gasteiger partial charge in [-0.05, 0) is 55.8 Å². The summed E-state index contributed by atoms with van der Waals surface area (Å²) in [5, 5.41) is 0. The summed E-state index contributed by atoms with van der Waals surface area (Å²) in [6, 6.07) is 8.96. The van der Waals surface area contributed by atoms with Crippen LogP contribution in [0.25, 0.3) is 0 Å². The molecule has 0 saturated heterocycles. The van der Waals surface area contributed by atoms with Crippen LogP contribution in [0.1, 0.15) is 35.8 Å². The van der Waals surface area contributed by atoms with Gasteiger partial charge in [-0.2, -0.15) is 0 Å². The third-order valence-electron chi connectivity index (χ3n) is 3.68. The van der Waals surface area contributed by atoms with Gasteiger partial charge in [0, 0.05) is 6.04 Å². The van der Waals surface area contributed by atoms with Crippen molar-refractivity contribution in [2.24, 2.45) is 0 Å². The smallest absolute Gasteiger partial charge is 0.338 e. The first-order valence-electron chi connectivity index (χ1n) is 7.91. The van der Waals surface area contributed by atoms with Gasteiger partial charge in [-0.25, -0.2) is 22.3 Å². The minimum absolute atomic E-state index is 0.00798. The molecule has 1 unspecified atom stereocenters. The second kappa shape index (κ2) is 8.29. The Balaban J connectivity index is 2.17. The molecule has 0 saturated carbocycles. The normalized spacial score (nSPS) is 12.5. The fraction of sp³-hybridized carbons (Fsp3) is 0.278. The Kier molecular flexibility index (Phi) is 6.33. The molecule has 0 aliphatic heterocycles. The second-order valence-electron chi connectivity index (χ2n) is 5.48. The van der Waals surface area contributed by atoms with Gasteiger partial charge in [0.25, 0.3) is 0 Å². The Morgan fingerprint density at radius 2 is 1.85 bits per heavy atom. The first-order chi connectivity index (χ1) is 12.3. The van der Waals surface area contributed by atoms with Crippen LogP contribution in [0.15, 0.2) is 47.4 Å². The second-order valence-corrected chi connectivity index (χ2v) is 7.20. The Bertz CT molecular complexity index is 881. The SMILES string of the molecule is CCOC(=O)c1ccc(S(=O)(=O)NC(C)c2ccc(OC)c(F)c2)cc1. The van der Waals surface area contributed by atoms with E-state index in [2.05, 4.69) is 4.72 Å². The largest absolute Gasteiger partial charge is 0.494 e. The highest BCUT2D eigenvalue weighted by molar-refractivity contribution is 7.89. The number of benzene rings is 2. The number of carbonyl (C=O) groups excluding carboxylic acids is 1. The third-order valence-corrected chi connectivity index (χ3v) is 5.24. The summed E-state index contributed by atoms with van der Waals surface area (Å²) in [5.41, 5.74) is 0.714. The number of methoxy groups -OCH3 is 1. The van der Waals surface area contributed by atoms with Crippen molar-refractivity contribution in [2.75, 3.05) is 13.7 Å². The molecule has 0 amide bonds. The Labute approximate surface area is 152 Å². The van der Waals surface area contributed by atoms with Crippen LogP contribution in [-0.4, -0.2) is 28.1 Å². The molecule has 6 nitrogen and oxygen atoms in total. The van der Waals surface area contributed by atoms with Gasteiger partial charge in [-0.15, -0.1) is 0 Å². The lowest BCUT2D eigenvalue weighted by molar-refractivity contribution is 0.0526. The Hall–Kier alpha value is -2.45. The standard InChI is InChI=1S/C18H20FNO5S/c1-4-25-18(21)13-5-8-15(9-6-13)26(22,23)20-12(2)14-7-10-17(24-3)16(19)11-14/h5-12,20H,4H2,1-3H3. The van der Waals surface area contributed by atoms with Crippen LogP contribution in [-0.2, 0) is 14.8 Å². The number of rotatable bonds is 7. The van der Waals surface area contributed by atoms with Gasteiger partial charge in [0.1, 0.15) is 0 Å². The summed E-state index contributed by atoms with van der Waals surface area (Å²) < 4.78 is 51.0. The van der Waals surface area contributed by atoms with Gasteiger partial charge >= 0.3 is 5.97 Å². The number of carbonyl (C=O) groups is 1. The molecule has 2 aromatic rings. The van der Waals surface area contributed by atoms with E-state index in [9.17, 15) is 17.6 Å². The van der Waals surface area contributed by atoms with E-state index in [1.54, 1.807) is 19.9 Å². The summed E-state index contributed by atoms with van der Waals surface area (Å²) in [4.78, 5) is 11.6. The predicted molar refractivity (Wildman–Crippen MR) is 94.1 cm³/mol. The molecule has 0 spiro atoms. The topological polar surface area (TPSA) is 81.7 Å². The Morgan fingerprint density at radius 1 is 1.19 bits per heavy atom. The van der Waals surface area contributed by atoms with Crippen molar-refractivity contribution >= 4 is 16.0 Å². The van der Waals surface area contributed by atoms with E-state index >= 15 is 0 Å². The molecule has 0 fully saturated rings. The van der Waals surface area contributed by atoms with Crippen LogP contribution in [0.4, 0.5) is 4.39 Å². The predicted octanol–water partition coefficient (Wildman–Crippen LogP) is 3.05. The molecule has 0 aromatic heterocycles. The molecule has 8 heteroatoms. The zero-order valence-corrected chi connectivity index (χ0v) is 15.5. The highest BCUT2D eigenvalue weighted by Crippen LogP contribution is 2.23. The summed E-state index contributed by atoms with van der Waals surface area (Å²) in [7, 11) is -2.50. The lowest BCUT2D eigenvalue weighted by Gasteiger charge is -2.15. The quantitative estimate of drug-likeness (QED) is 0.746. The van der Waals surface area contributed by atoms with Crippen molar-refractivity contribution in [3.8, 4) is 5.75 Å². The number of esters is 1. The van der Waals surface area contributed by atoms with Gasteiger partial charge in [0.15, 0.2) is 11.6 Å². The number of ether oxygens (including phenoxy) is 2. The molecule has 0 aliphatic carbocycles. The Morgan fingerprint density at radius 3 is 2.38 bits per heavy atom. The molecular formula is C18H20FNO5S. The molecular weight excluding hydrogens is 361 g/mol. The highest BCUT2D eigenvalue weighted by atomic mass is 32.2. The number of hydrogen-bond donors (Lipinski definition) is 1. The third kappa shape index (κ3) is 4.59. The van der Waals surface area contributed by atoms with Crippen molar-refractivity contribution in [3.63, 3.8) is 0 Å². The van der Waals surface area contributed by atoms with Crippen LogP contribution in [0, 0.1) is 5.82 Å². The summed E-state index contributed by atoms with van der Waals surface area (Å²) in [6.07, 6.45) is 0. The summed E-state index contributed by atoms with van der Waals surface area (Å²) >= 11 is 0. The van der Waals surface area contributed by atoms with Gasteiger partial charge in [0.05, 0.1) is 24.2 Å². The fourth-order valence-electron chi connectivity index (χ4n) is 2.31. The van der Waals surface area contributed by atoms with E-state index in [1.165, 1.54) is 43.5 Å². The van der Waals surface area contributed by atoms with Crippen molar-refractivity contribution in [1.29, 1.82) is 0 Å². The van der Waals surface area contributed by atoms with Gasteiger partial charge < -0.3 is 9.47 Å². The van der Waals surface area contributed by atoms with Crippen LogP contribution in [0.3, 0.4) is 0 Å². The van der Waals surface area contributed by atoms with Gasteiger partial charge in [-0.1, -0.05) is 6.07 Å². The maximum Gasteiger partial charge on any atom is 0.338 e. The van der Waals surface area contributed by atoms with E-state index in [0.29, 0.717) is 5.56 Å². The first-order valence-corrected chi connectivity index (χ1v) is 9.39. The molecule has 1 atom stereocenters. The van der Waals surface area contributed by atoms with Crippen LogP contribution < -0.4 is 9.46 Å². The molecule has 2 rings (SSSR count). The zero-order valence-electron chi connectivity index (χ0n) is 14.7. The van der Waals surface area contributed by atoms with E-state index < -0.39 is 27.9 Å². The summed E-state index contributed by atoms with van der Waals surface area (Å²) in [6.45, 7) is 3.52. The molecule has 0 aliphatic rings. The van der Waals surface area contributed by atoms with Crippen molar-refractivity contribution in [2.45, 2.75) is 24.8 Å². The van der Waals surface area contributed by atoms with E-state index in [-0.39, 0.29) is 22.8 Å². The summed E-state index contributed by atoms with van der Waals surface area (Å²) in [5.74, 6) is -1.01. The van der Waals surface area contributed by atoms with Crippen LogP contribution in [0.5, 0.6) is 5.75 Å². The van der Waals surface area contributed by atoms with Crippen LogP contribution in [0.2, 0.25) is 0 Å². The zero-order chi connectivity index (χ0) is 19.3. The molecule has 140 valence electrons. The molecule has 26 heavy (non-hydrogen) atoms. The van der Waals surface area contributed by atoms with Gasteiger partial charge in [-0.3, -0.25) is 0 Å². The maximum atomic E-state index is 13.8. The van der Waals surface area contributed by atoms with E-state index in [4.69, 9.17) is 9.47 Å². The van der Waals surface area contributed by atoms with Crippen molar-refractivity contribution in [1.82, 2.24) is 4.72 Å². The number of nitrogens with one attached hydrogen (secondary N) is 1. The number of hydrogen-bond acceptors (Lipinski definition) is 5. The molecule has 0 bridgehead atoms.